The summed E-state index contributed by atoms with van der Waals surface area (Å²) in [6, 6.07) is 0.604. The summed E-state index contributed by atoms with van der Waals surface area (Å²) in [5.41, 5.74) is 5.17. The van der Waals surface area contributed by atoms with Crippen LogP contribution >= 0.6 is 0 Å². The topological polar surface area (TPSA) is 53.7 Å². The summed E-state index contributed by atoms with van der Waals surface area (Å²) < 4.78 is 15.4. The Morgan fingerprint density at radius 1 is 1.17 bits per heavy atom. The van der Waals surface area contributed by atoms with Gasteiger partial charge in [-0.25, -0.2) is 0 Å². The second-order valence-corrected chi connectivity index (χ2v) is 4.93. The van der Waals surface area contributed by atoms with E-state index in [-0.39, 0.29) is 11.0 Å². The van der Waals surface area contributed by atoms with Crippen LogP contribution in [0.1, 0.15) is 0 Å². The summed E-state index contributed by atoms with van der Waals surface area (Å²) in [6.07, 6.45) is 3.22. The van der Waals surface area contributed by atoms with Crippen LogP contribution in [-0.4, -0.2) is 41.1 Å². The lowest BCUT2D eigenvalue weighted by molar-refractivity contribution is 0.127. The van der Waals surface area contributed by atoms with E-state index in [1.165, 1.54) is 6.20 Å². The van der Waals surface area contributed by atoms with E-state index >= 15 is 0 Å². The lowest BCUT2D eigenvalue weighted by atomic mass is 10.7. The summed E-state index contributed by atoms with van der Waals surface area (Å²) >= 11 is 0. The molecule has 4 nitrogen and oxygen atoms in total. The van der Waals surface area contributed by atoms with Crippen LogP contribution in [-0.2, 0) is 13.3 Å². The molecule has 0 heterocycles. The van der Waals surface area contributed by atoms with Crippen LogP contribution in [0.25, 0.3) is 0 Å². The molecule has 0 spiro atoms. The number of rotatable bonds is 5. The van der Waals surface area contributed by atoms with Crippen LogP contribution in [0.4, 0.5) is 0 Å². The van der Waals surface area contributed by atoms with Crippen LogP contribution in [0.5, 0.6) is 0 Å². The molecule has 0 aliphatic rings. The third kappa shape index (κ3) is 4.02. The van der Waals surface area contributed by atoms with E-state index in [1.807, 2.05) is 0 Å². The first kappa shape index (κ1) is 14.4. The van der Waals surface area contributed by atoms with Gasteiger partial charge < -0.3 is 19.0 Å². The van der Waals surface area contributed by atoms with Crippen molar-refractivity contribution in [3.05, 3.63) is 12.3 Å². The number of hydrogen-bond acceptors (Lipinski definition) is 4. The van der Waals surface area contributed by atoms with Crippen molar-refractivity contribution in [1.29, 1.82) is 0 Å². The normalized spacial score (nSPS) is 11.6. The van der Waals surface area contributed by atoms with E-state index in [9.17, 15) is 0 Å². The van der Waals surface area contributed by atoms with Gasteiger partial charge in [0.1, 0.15) is 0 Å². The van der Waals surface area contributed by atoms with Crippen molar-refractivity contribution in [2.45, 2.75) is 6.04 Å². The van der Waals surface area contributed by atoms with Gasteiger partial charge in [-0.3, -0.25) is 0 Å². The van der Waals surface area contributed by atoms with Crippen molar-refractivity contribution in [2.24, 2.45) is 5.73 Å². The van der Waals surface area contributed by atoms with Gasteiger partial charge >= 0.3 is 8.80 Å². The van der Waals surface area contributed by atoms with Gasteiger partial charge in [0.15, 0.2) is 0 Å². The fourth-order valence-corrected chi connectivity index (χ4v) is 2.14. The highest BCUT2D eigenvalue weighted by atomic mass is 28.4. The second kappa shape index (κ2) is 7.50. The maximum absolute atomic E-state index is 5.17. The molecule has 0 aromatic rings. The summed E-state index contributed by atoms with van der Waals surface area (Å²) in [5.74, 6) is 0. The lowest BCUT2D eigenvalue weighted by Crippen LogP contribution is -2.42. The summed E-state index contributed by atoms with van der Waals surface area (Å²) in [5, 5.41) is 0. The van der Waals surface area contributed by atoms with E-state index < -0.39 is 8.80 Å². The molecule has 2 N–H and O–H groups in total. The number of nitrogens with two attached hydrogens (primary N) is 1. The van der Waals surface area contributed by atoms with Gasteiger partial charge in [0.05, 0.1) is 0 Å². The first-order valence-electron chi connectivity index (χ1n) is 3.27. The highest BCUT2D eigenvalue weighted by Crippen LogP contribution is 2.12. The van der Waals surface area contributed by atoms with E-state index in [0.717, 1.165) is 0 Å². The van der Waals surface area contributed by atoms with Gasteiger partial charge in [0.2, 0.25) is 0 Å². The fourth-order valence-electron chi connectivity index (χ4n) is 0.712. The highest BCUT2D eigenvalue weighted by molar-refractivity contribution is 6.61. The molecule has 0 aromatic heterocycles. The van der Waals surface area contributed by atoms with E-state index in [2.05, 4.69) is 0 Å². The number of hydrogen-bond donors (Lipinski definition) is 1. The zero-order valence-electron chi connectivity index (χ0n) is 7.16. The molecule has 0 unspecified atom stereocenters. The van der Waals surface area contributed by atoms with Crippen LogP contribution in [0.15, 0.2) is 12.3 Å². The Balaban J connectivity index is 0. The van der Waals surface area contributed by atoms with Crippen molar-refractivity contribution in [2.75, 3.05) is 21.3 Å². The number of allylic oxidation sites excluding steroid dienone is 1. The van der Waals surface area contributed by atoms with Gasteiger partial charge in [-0.15, -0.1) is 0 Å². The molecule has 0 saturated carbocycles. The van der Waals surface area contributed by atoms with Crippen LogP contribution < -0.4 is 5.73 Å². The molecule has 6 heteroatoms. The molecule has 0 fully saturated rings. The van der Waals surface area contributed by atoms with Crippen LogP contribution in [0.2, 0.25) is 6.04 Å². The molecule has 0 rings (SSSR count). The lowest BCUT2D eigenvalue weighted by Gasteiger charge is -2.22. The Labute approximate surface area is 79.1 Å². The minimum atomic E-state index is -2.41. The van der Waals surface area contributed by atoms with Crippen molar-refractivity contribution in [3.63, 3.8) is 0 Å². The summed E-state index contributed by atoms with van der Waals surface area (Å²) in [4.78, 5) is 0. The zero-order valence-corrected chi connectivity index (χ0v) is 8.16. The summed E-state index contributed by atoms with van der Waals surface area (Å²) in [6.45, 7) is 0. The van der Waals surface area contributed by atoms with E-state index in [4.69, 9.17) is 19.0 Å². The molecular formula is C6H19NO3Si2. The first-order chi connectivity index (χ1) is 5.24. The molecule has 0 bridgehead atoms. The van der Waals surface area contributed by atoms with Crippen molar-refractivity contribution in [3.8, 4) is 0 Å². The van der Waals surface area contributed by atoms with Gasteiger partial charge in [-0.05, 0) is 17.2 Å². The molecule has 0 saturated heterocycles. The van der Waals surface area contributed by atoms with Gasteiger partial charge in [0, 0.05) is 27.4 Å². The second-order valence-electron chi connectivity index (χ2n) is 1.93. The standard InChI is InChI=1S/C6H15NO3Si.H4Si/c1-8-11(9-2,10-3)6-4-5-7;/h4-5H,6-7H2,1-3H3;1H4. The highest BCUT2D eigenvalue weighted by Gasteiger charge is 2.35. The zero-order chi connectivity index (χ0) is 8.74. The Morgan fingerprint density at radius 2 is 1.58 bits per heavy atom. The van der Waals surface area contributed by atoms with Crippen LogP contribution in [0.3, 0.4) is 0 Å². The quantitative estimate of drug-likeness (QED) is 0.583. The Morgan fingerprint density at radius 3 is 1.83 bits per heavy atom. The summed E-state index contributed by atoms with van der Waals surface area (Å²) in [7, 11) is 2.31. The monoisotopic (exact) mass is 209 g/mol. The molecular weight excluding hydrogens is 190 g/mol. The van der Waals surface area contributed by atoms with E-state index in [0.29, 0.717) is 6.04 Å². The van der Waals surface area contributed by atoms with Crippen molar-refractivity contribution in [1.82, 2.24) is 0 Å². The predicted octanol–water partition coefficient (Wildman–Crippen LogP) is -1.11. The van der Waals surface area contributed by atoms with Gasteiger partial charge in [0.25, 0.3) is 0 Å². The molecule has 0 radical (unpaired) electrons. The van der Waals surface area contributed by atoms with Crippen LogP contribution in [0, 0.1) is 0 Å². The smallest absolute Gasteiger partial charge is 0.405 e. The maximum atomic E-state index is 5.17. The molecule has 0 atom stereocenters. The SMILES string of the molecule is CO[Si](CC=CN)(OC)OC.[SiH4]. The average Bonchev–Trinajstić information content (AvgIpc) is 2.08. The van der Waals surface area contributed by atoms with Gasteiger partial charge in [-0.1, -0.05) is 6.08 Å². The minimum Gasteiger partial charge on any atom is -0.405 e. The molecule has 0 amide bonds. The average molecular weight is 209 g/mol. The Hall–Kier alpha value is -0.146. The Kier molecular flexibility index (Phi) is 8.99. The molecule has 12 heavy (non-hydrogen) atoms. The molecule has 0 aliphatic heterocycles. The van der Waals surface area contributed by atoms with Crippen molar-refractivity contribution >= 4 is 19.8 Å². The van der Waals surface area contributed by atoms with Gasteiger partial charge in [-0.2, -0.15) is 0 Å². The maximum Gasteiger partial charge on any atom is 0.504 e. The predicted molar refractivity (Wildman–Crippen MR) is 56.2 cm³/mol. The Bertz CT molecular complexity index is 120. The largest absolute Gasteiger partial charge is 0.504 e. The van der Waals surface area contributed by atoms with E-state index in [1.54, 1.807) is 27.4 Å². The minimum absolute atomic E-state index is 0. The third-order valence-electron chi connectivity index (χ3n) is 1.44. The fraction of sp³-hybridized carbons (Fsp3) is 0.667. The third-order valence-corrected chi connectivity index (χ3v) is 4.04. The molecule has 74 valence electrons. The molecule has 0 aliphatic carbocycles. The van der Waals surface area contributed by atoms with Crippen molar-refractivity contribution < 1.29 is 13.3 Å². The first-order valence-corrected chi connectivity index (χ1v) is 5.20. The molecule has 0 aromatic carbocycles.